The third kappa shape index (κ3) is 3.30. The summed E-state index contributed by atoms with van der Waals surface area (Å²) in [5, 5.41) is 0.626. The summed E-state index contributed by atoms with van der Waals surface area (Å²) in [5.41, 5.74) is -0.224. The van der Waals surface area contributed by atoms with E-state index in [2.05, 4.69) is 0 Å². The minimum absolute atomic E-state index is 0.0711. The van der Waals surface area contributed by atoms with E-state index in [1.54, 1.807) is 18.2 Å². The van der Waals surface area contributed by atoms with Crippen LogP contribution in [0.25, 0.3) is 5.69 Å². The van der Waals surface area contributed by atoms with Gasteiger partial charge in [-0.25, -0.2) is 27.9 Å². The molecule has 0 bridgehead atoms. The highest BCUT2D eigenvalue weighted by molar-refractivity contribution is 6.30. The van der Waals surface area contributed by atoms with E-state index < -0.39 is 17.2 Å². The molecule has 0 fully saturated rings. The highest BCUT2D eigenvalue weighted by Crippen LogP contribution is 2.20. The van der Waals surface area contributed by atoms with Gasteiger partial charge in [0.05, 0.1) is 5.69 Å². The number of nitrogens with zero attached hydrogens (tertiary/aromatic N) is 3. The monoisotopic (exact) mass is 389 g/mol. The molecule has 140 valence electrons. The zero-order valence-electron chi connectivity index (χ0n) is 14.4. The Balaban J connectivity index is 1.61. The number of rotatable bonds is 4. The van der Waals surface area contributed by atoms with Crippen molar-refractivity contribution in [1.29, 1.82) is 0 Å². The van der Waals surface area contributed by atoms with Gasteiger partial charge in [0.1, 0.15) is 12.4 Å². The highest BCUT2D eigenvalue weighted by atomic mass is 35.5. The fraction of sp³-hybridized carbons (Fsp3) is 0.263. The highest BCUT2D eigenvalue weighted by Gasteiger charge is 2.21. The number of hydrogen-bond donors (Lipinski definition) is 0. The summed E-state index contributed by atoms with van der Waals surface area (Å²) in [6, 6.07) is 11.2. The number of aromatic nitrogens is 3. The predicted molar refractivity (Wildman–Crippen MR) is 99.3 cm³/mol. The fourth-order valence-corrected chi connectivity index (χ4v) is 3.31. The molecule has 8 heteroatoms. The number of benzene rings is 2. The molecule has 1 aromatic heterocycles. The molecule has 1 aliphatic heterocycles. The van der Waals surface area contributed by atoms with Gasteiger partial charge in [0, 0.05) is 24.2 Å². The largest absolute Gasteiger partial charge is 0.489 e. The van der Waals surface area contributed by atoms with Crippen LogP contribution in [-0.4, -0.2) is 13.9 Å². The lowest BCUT2D eigenvalue weighted by Gasteiger charge is -2.13. The van der Waals surface area contributed by atoms with Gasteiger partial charge in [0.25, 0.3) is 0 Å². The van der Waals surface area contributed by atoms with Crippen LogP contribution in [0.3, 0.4) is 0 Å². The number of ether oxygens (including phenoxy) is 1. The fourth-order valence-electron chi connectivity index (χ4n) is 3.19. The average Bonchev–Trinajstić information content (AvgIpc) is 2.93. The Morgan fingerprint density at radius 2 is 1.59 bits per heavy atom. The standard InChI is InChI=1S/C19H17ClFN3O3/c20-14-5-3-13(4-6-14)12-27-15-7-8-17(16(21)11-15)24-18(25)22-9-1-2-10-23(22)19(24)26/h3-8,11H,1-2,9-10,12H2. The molecule has 2 aromatic carbocycles. The Bertz CT molecular complexity index is 1060. The van der Waals surface area contributed by atoms with Crippen LogP contribution < -0.4 is 16.1 Å². The van der Waals surface area contributed by atoms with Crippen LogP contribution in [0.5, 0.6) is 5.75 Å². The third-order valence-corrected chi connectivity index (χ3v) is 4.84. The van der Waals surface area contributed by atoms with E-state index in [4.69, 9.17) is 16.3 Å². The van der Waals surface area contributed by atoms with E-state index in [0.29, 0.717) is 23.9 Å². The maximum atomic E-state index is 14.6. The summed E-state index contributed by atoms with van der Waals surface area (Å²) < 4.78 is 23.8. The Labute approximate surface area is 159 Å². The molecule has 1 aliphatic rings. The maximum Gasteiger partial charge on any atom is 0.351 e. The first-order valence-corrected chi connectivity index (χ1v) is 9.02. The molecule has 0 unspecified atom stereocenters. The summed E-state index contributed by atoms with van der Waals surface area (Å²) >= 11 is 5.84. The van der Waals surface area contributed by atoms with E-state index in [-0.39, 0.29) is 12.3 Å². The summed E-state index contributed by atoms with van der Waals surface area (Å²) in [6.45, 7) is 1.18. The van der Waals surface area contributed by atoms with E-state index in [1.165, 1.54) is 21.5 Å². The van der Waals surface area contributed by atoms with Gasteiger partial charge >= 0.3 is 11.4 Å². The quantitative estimate of drug-likeness (QED) is 0.689. The Morgan fingerprint density at radius 3 is 2.19 bits per heavy atom. The lowest BCUT2D eigenvalue weighted by molar-refractivity contribution is 0.304. The van der Waals surface area contributed by atoms with E-state index in [0.717, 1.165) is 23.0 Å². The molecule has 0 N–H and O–H groups in total. The smallest absolute Gasteiger partial charge is 0.351 e. The summed E-state index contributed by atoms with van der Waals surface area (Å²) in [5.74, 6) is -0.380. The normalized spacial score (nSPS) is 13.4. The van der Waals surface area contributed by atoms with Gasteiger partial charge in [-0.1, -0.05) is 23.7 Å². The molecule has 2 heterocycles. The minimum atomic E-state index is -0.689. The molecule has 0 amide bonds. The summed E-state index contributed by atoms with van der Waals surface area (Å²) in [7, 11) is 0. The average molecular weight is 390 g/mol. The molecule has 0 aliphatic carbocycles. The SMILES string of the molecule is O=c1n(-c2ccc(OCc3ccc(Cl)cc3)cc2F)c(=O)n2n1CCCC2. The van der Waals surface area contributed by atoms with Crippen molar-refractivity contribution in [2.45, 2.75) is 32.5 Å². The van der Waals surface area contributed by atoms with Gasteiger partial charge in [-0.3, -0.25) is 0 Å². The van der Waals surface area contributed by atoms with Crippen molar-refractivity contribution >= 4 is 11.6 Å². The number of halogens is 2. The first kappa shape index (κ1) is 17.6. The molecule has 0 atom stereocenters. The van der Waals surface area contributed by atoms with Crippen LogP contribution in [0, 0.1) is 5.82 Å². The van der Waals surface area contributed by atoms with Crippen molar-refractivity contribution < 1.29 is 9.13 Å². The van der Waals surface area contributed by atoms with Crippen molar-refractivity contribution in [1.82, 2.24) is 13.9 Å². The number of fused-ring (bicyclic) bond motifs is 1. The van der Waals surface area contributed by atoms with Gasteiger partial charge < -0.3 is 4.74 Å². The van der Waals surface area contributed by atoms with Gasteiger partial charge in [0.2, 0.25) is 0 Å². The Kier molecular flexibility index (Phi) is 4.61. The lowest BCUT2D eigenvalue weighted by Crippen LogP contribution is -2.30. The van der Waals surface area contributed by atoms with Crippen LogP contribution in [0.2, 0.25) is 5.02 Å². The Morgan fingerprint density at radius 1 is 0.963 bits per heavy atom. The van der Waals surface area contributed by atoms with E-state index in [1.807, 2.05) is 12.1 Å². The van der Waals surface area contributed by atoms with Gasteiger partial charge in [-0.2, -0.15) is 0 Å². The van der Waals surface area contributed by atoms with Crippen LogP contribution in [0.1, 0.15) is 18.4 Å². The number of hydrogen-bond acceptors (Lipinski definition) is 3. The van der Waals surface area contributed by atoms with E-state index >= 15 is 0 Å². The zero-order chi connectivity index (χ0) is 19.0. The van der Waals surface area contributed by atoms with Crippen LogP contribution in [-0.2, 0) is 19.7 Å². The first-order chi connectivity index (χ1) is 13.0. The summed E-state index contributed by atoms with van der Waals surface area (Å²) in [4.78, 5) is 25.0. The molecule has 4 rings (SSSR count). The van der Waals surface area contributed by atoms with E-state index in [9.17, 15) is 14.0 Å². The molecule has 3 aromatic rings. The molecule has 6 nitrogen and oxygen atoms in total. The third-order valence-electron chi connectivity index (χ3n) is 4.58. The molecule has 0 radical (unpaired) electrons. The van der Waals surface area contributed by atoms with Crippen molar-refractivity contribution in [3.63, 3.8) is 0 Å². The first-order valence-electron chi connectivity index (χ1n) is 8.64. The van der Waals surface area contributed by atoms with Crippen molar-refractivity contribution in [3.05, 3.63) is 79.8 Å². The molecular weight excluding hydrogens is 373 g/mol. The molecule has 0 saturated carbocycles. The zero-order valence-corrected chi connectivity index (χ0v) is 15.2. The predicted octanol–water partition coefficient (Wildman–Crippen LogP) is 2.97. The van der Waals surface area contributed by atoms with Gasteiger partial charge in [0.15, 0.2) is 5.82 Å². The molecule has 27 heavy (non-hydrogen) atoms. The second-order valence-electron chi connectivity index (χ2n) is 6.38. The minimum Gasteiger partial charge on any atom is -0.489 e. The topological polar surface area (TPSA) is 58.2 Å². The van der Waals surface area contributed by atoms with Crippen LogP contribution in [0.4, 0.5) is 4.39 Å². The van der Waals surface area contributed by atoms with Crippen LogP contribution >= 0.6 is 11.6 Å². The van der Waals surface area contributed by atoms with Crippen molar-refractivity contribution in [2.75, 3.05) is 0 Å². The molecule has 0 saturated heterocycles. The van der Waals surface area contributed by atoms with Gasteiger partial charge in [-0.15, -0.1) is 0 Å². The second-order valence-corrected chi connectivity index (χ2v) is 6.82. The Hall–Kier alpha value is -2.80. The van der Waals surface area contributed by atoms with Crippen molar-refractivity contribution in [3.8, 4) is 11.4 Å². The van der Waals surface area contributed by atoms with Crippen molar-refractivity contribution in [2.24, 2.45) is 0 Å². The summed E-state index contributed by atoms with van der Waals surface area (Å²) in [6.07, 6.45) is 1.65. The van der Waals surface area contributed by atoms with Crippen LogP contribution in [0.15, 0.2) is 52.1 Å². The lowest BCUT2D eigenvalue weighted by atomic mass is 10.2. The molecule has 0 spiro atoms. The molecular formula is C19H17ClFN3O3. The maximum absolute atomic E-state index is 14.6. The van der Waals surface area contributed by atoms with Gasteiger partial charge in [-0.05, 0) is 42.7 Å². The second kappa shape index (κ2) is 7.08.